The predicted octanol–water partition coefficient (Wildman–Crippen LogP) is 1.06. The first-order valence-electron chi connectivity index (χ1n) is 3.44. The zero-order valence-corrected chi connectivity index (χ0v) is 6.89. The van der Waals surface area contributed by atoms with E-state index in [1.54, 1.807) is 6.26 Å². The minimum absolute atomic E-state index is 0.435. The van der Waals surface area contributed by atoms with Crippen molar-refractivity contribution >= 4 is 10.8 Å². The molecule has 0 bridgehead atoms. The van der Waals surface area contributed by atoms with Crippen LogP contribution in [0.15, 0.2) is 12.3 Å². The topological polar surface area (TPSA) is 26.3 Å². The van der Waals surface area contributed by atoms with E-state index in [-0.39, 0.29) is 0 Å². The molecule has 1 saturated heterocycles. The molecule has 0 saturated carbocycles. The molecule has 1 heterocycles. The maximum Gasteiger partial charge on any atom is 0.0884 e. The fourth-order valence-corrected chi connectivity index (χ4v) is 1.70. The lowest BCUT2D eigenvalue weighted by atomic mass is 10.4. The van der Waals surface area contributed by atoms with Gasteiger partial charge in [-0.05, 0) is 13.3 Å². The van der Waals surface area contributed by atoms with Crippen LogP contribution < -0.4 is 0 Å². The molecule has 1 aliphatic rings. The highest BCUT2D eigenvalue weighted by atomic mass is 32.2. The van der Waals surface area contributed by atoms with Crippen molar-refractivity contribution in [3.05, 3.63) is 12.3 Å². The number of rotatable bonds is 4. The zero-order chi connectivity index (χ0) is 7.40. The van der Waals surface area contributed by atoms with Crippen molar-refractivity contribution in [3.63, 3.8) is 0 Å². The average Bonchev–Trinajstić information content (AvgIpc) is 2.60. The van der Waals surface area contributed by atoms with E-state index < -0.39 is 10.8 Å². The Kier molecular flexibility index (Phi) is 2.93. The maximum absolute atomic E-state index is 10.6. The fraction of sp³-hybridized carbons (Fsp3) is 0.714. The van der Waals surface area contributed by atoms with E-state index in [1.165, 1.54) is 0 Å². The molecule has 10 heavy (non-hydrogen) atoms. The second kappa shape index (κ2) is 3.76. The van der Waals surface area contributed by atoms with Gasteiger partial charge in [-0.1, -0.05) is 6.08 Å². The molecule has 0 aliphatic carbocycles. The highest BCUT2D eigenvalue weighted by Gasteiger charge is 2.31. The van der Waals surface area contributed by atoms with Crippen molar-refractivity contribution in [2.75, 3.05) is 12.4 Å². The number of hydrogen-bond acceptors (Lipinski definition) is 2. The fourth-order valence-electron chi connectivity index (χ4n) is 0.722. The first-order chi connectivity index (χ1) is 4.84. The van der Waals surface area contributed by atoms with E-state index in [0.717, 1.165) is 12.2 Å². The van der Waals surface area contributed by atoms with Crippen LogP contribution in [0.1, 0.15) is 13.3 Å². The molecule has 2 unspecified atom stereocenters. The maximum atomic E-state index is 10.6. The first-order valence-corrected chi connectivity index (χ1v) is 4.82. The smallest absolute Gasteiger partial charge is 0.0884 e. The molecule has 58 valence electrons. The van der Waals surface area contributed by atoms with Gasteiger partial charge < -0.3 is 4.74 Å². The van der Waals surface area contributed by atoms with E-state index in [9.17, 15) is 4.21 Å². The Morgan fingerprint density at radius 2 is 2.50 bits per heavy atom. The van der Waals surface area contributed by atoms with Crippen LogP contribution in [0.5, 0.6) is 0 Å². The molecule has 0 N–H and O–H groups in total. The molecule has 0 aromatic heterocycles. The molecule has 0 radical (unpaired) electrons. The summed E-state index contributed by atoms with van der Waals surface area (Å²) in [5, 5.41) is 0.435. The number of hydrogen-bond donors (Lipinski definition) is 0. The van der Waals surface area contributed by atoms with Gasteiger partial charge in [-0.2, -0.15) is 0 Å². The summed E-state index contributed by atoms with van der Waals surface area (Å²) in [5.74, 6) is 0.888. The second-order valence-electron chi connectivity index (χ2n) is 2.30. The first kappa shape index (κ1) is 7.79. The van der Waals surface area contributed by atoms with Crippen molar-refractivity contribution in [1.82, 2.24) is 0 Å². The van der Waals surface area contributed by atoms with Crippen LogP contribution >= 0.6 is 0 Å². The predicted molar refractivity (Wildman–Crippen MR) is 42.2 cm³/mol. The second-order valence-corrected chi connectivity index (χ2v) is 4.06. The molecular formula is C7H12O2S. The summed E-state index contributed by atoms with van der Waals surface area (Å²) < 4.78 is 15.7. The molecule has 1 rings (SSSR count). The molecule has 1 fully saturated rings. The van der Waals surface area contributed by atoms with Gasteiger partial charge in [0.25, 0.3) is 0 Å². The normalized spacial score (nSPS) is 30.9. The van der Waals surface area contributed by atoms with Gasteiger partial charge in [-0.3, -0.25) is 4.21 Å². The Morgan fingerprint density at radius 1 is 1.80 bits per heavy atom. The van der Waals surface area contributed by atoms with Crippen molar-refractivity contribution in [1.29, 1.82) is 0 Å². The lowest BCUT2D eigenvalue weighted by Crippen LogP contribution is -1.93. The van der Waals surface area contributed by atoms with Crippen LogP contribution in [0.2, 0.25) is 0 Å². The van der Waals surface area contributed by atoms with Gasteiger partial charge >= 0.3 is 0 Å². The van der Waals surface area contributed by atoms with E-state index in [0.29, 0.717) is 11.9 Å². The number of allylic oxidation sites excluding steroid dienone is 1. The van der Waals surface area contributed by atoms with Gasteiger partial charge in [-0.25, -0.2) is 0 Å². The van der Waals surface area contributed by atoms with Crippen molar-refractivity contribution < 1.29 is 8.95 Å². The largest absolute Gasteiger partial charge is 0.501 e. The summed E-state index contributed by atoms with van der Waals surface area (Å²) in [5.41, 5.74) is 0. The highest BCUT2D eigenvalue weighted by Crippen LogP contribution is 2.18. The minimum Gasteiger partial charge on any atom is -0.501 e. The van der Waals surface area contributed by atoms with Crippen LogP contribution in [0.25, 0.3) is 0 Å². The lowest BCUT2D eigenvalue weighted by molar-refractivity contribution is 0.246. The minimum atomic E-state index is -0.508. The number of ether oxygens (including phenoxy) is 1. The summed E-state index contributed by atoms with van der Waals surface area (Å²) in [6.07, 6.45) is 4.46. The van der Waals surface area contributed by atoms with Crippen LogP contribution in [0.4, 0.5) is 0 Å². The Hall–Kier alpha value is -0.310. The quantitative estimate of drug-likeness (QED) is 0.349. The molecule has 0 amide bonds. The molecule has 2 nitrogen and oxygen atoms in total. The average molecular weight is 160 g/mol. The van der Waals surface area contributed by atoms with E-state index in [1.807, 2.05) is 13.0 Å². The molecule has 0 aromatic rings. The van der Waals surface area contributed by atoms with Gasteiger partial charge in [0.2, 0.25) is 0 Å². The van der Waals surface area contributed by atoms with Crippen LogP contribution in [0, 0.1) is 0 Å². The molecule has 0 aromatic carbocycles. The Morgan fingerprint density at radius 3 is 3.00 bits per heavy atom. The van der Waals surface area contributed by atoms with Crippen LogP contribution in [-0.4, -0.2) is 21.8 Å². The summed E-state index contributed by atoms with van der Waals surface area (Å²) in [6.45, 7) is 2.62. The van der Waals surface area contributed by atoms with Crippen LogP contribution in [0.3, 0.4) is 0 Å². The lowest BCUT2D eigenvalue weighted by Gasteiger charge is -1.95. The zero-order valence-electron chi connectivity index (χ0n) is 6.08. The van der Waals surface area contributed by atoms with E-state index in [4.69, 9.17) is 4.74 Å². The van der Waals surface area contributed by atoms with Crippen molar-refractivity contribution in [3.8, 4) is 0 Å². The van der Waals surface area contributed by atoms with Crippen molar-refractivity contribution in [2.45, 2.75) is 18.6 Å². The molecule has 2 atom stereocenters. The molecule has 1 aliphatic heterocycles. The van der Waals surface area contributed by atoms with Gasteiger partial charge in [0, 0.05) is 21.8 Å². The van der Waals surface area contributed by atoms with Gasteiger partial charge in [0.15, 0.2) is 0 Å². The van der Waals surface area contributed by atoms with Crippen molar-refractivity contribution in [2.24, 2.45) is 0 Å². The standard InChI is InChI=1S/C7H12O2S/c1-2-4-9-5-3-7-6-10(7)8/h2,4,7H,3,5-6H2,1H3/b4-2+. The van der Waals surface area contributed by atoms with E-state index in [2.05, 4.69) is 0 Å². The summed E-state index contributed by atoms with van der Waals surface area (Å²) in [7, 11) is -0.508. The van der Waals surface area contributed by atoms with Gasteiger partial charge in [0.1, 0.15) is 0 Å². The molecule has 3 heteroatoms. The molecule has 0 spiro atoms. The summed E-state index contributed by atoms with van der Waals surface area (Å²) in [4.78, 5) is 0. The summed E-state index contributed by atoms with van der Waals surface area (Å²) in [6, 6.07) is 0. The monoisotopic (exact) mass is 160 g/mol. The third-order valence-electron chi connectivity index (χ3n) is 1.40. The van der Waals surface area contributed by atoms with Gasteiger partial charge in [0.05, 0.1) is 12.9 Å². The van der Waals surface area contributed by atoms with Gasteiger partial charge in [-0.15, -0.1) is 0 Å². The Labute approximate surface area is 63.7 Å². The molecular weight excluding hydrogens is 148 g/mol. The van der Waals surface area contributed by atoms with E-state index >= 15 is 0 Å². The SMILES string of the molecule is C/C=C/OCCC1CS1=O. The summed E-state index contributed by atoms with van der Waals surface area (Å²) >= 11 is 0. The Balaban J connectivity index is 1.91. The third kappa shape index (κ3) is 2.52. The Bertz CT molecular complexity index is 154. The highest BCUT2D eigenvalue weighted by molar-refractivity contribution is 7.92. The third-order valence-corrected chi connectivity index (χ3v) is 2.85. The van der Waals surface area contributed by atoms with Crippen LogP contribution in [-0.2, 0) is 15.5 Å².